The fraction of sp³-hybridized carbons (Fsp3) is 0.650. The van der Waals surface area contributed by atoms with Crippen molar-refractivity contribution >= 4 is 33.2 Å². The largest absolute Gasteiger partial charge is 0.506 e. The SMILES string of the molecule is O=C(O)C(CCCCNc1ccccc1O)NCCCCCC1CCSS1. The molecule has 0 amide bonds. The van der Waals surface area contributed by atoms with E-state index in [-0.39, 0.29) is 5.75 Å². The lowest BCUT2D eigenvalue weighted by atomic mass is 10.1. The van der Waals surface area contributed by atoms with Crippen LogP contribution in [0.25, 0.3) is 0 Å². The molecule has 2 rings (SSSR count). The van der Waals surface area contributed by atoms with Crippen LogP contribution < -0.4 is 10.6 Å². The second kappa shape index (κ2) is 13.2. The van der Waals surface area contributed by atoms with Crippen LogP contribution in [0.5, 0.6) is 5.75 Å². The number of unbranched alkanes of at least 4 members (excludes halogenated alkanes) is 3. The van der Waals surface area contributed by atoms with E-state index < -0.39 is 12.0 Å². The predicted molar refractivity (Wildman–Crippen MR) is 117 cm³/mol. The molecular formula is C20H32N2O3S2. The maximum Gasteiger partial charge on any atom is 0.320 e. The van der Waals surface area contributed by atoms with E-state index in [1.165, 1.54) is 31.4 Å². The molecule has 0 aromatic heterocycles. The molecule has 152 valence electrons. The first-order valence-corrected chi connectivity index (χ1v) is 12.3. The molecule has 4 N–H and O–H groups in total. The van der Waals surface area contributed by atoms with E-state index in [9.17, 15) is 15.0 Å². The van der Waals surface area contributed by atoms with Crippen molar-refractivity contribution in [3.63, 3.8) is 0 Å². The molecule has 1 saturated heterocycles. The molecule has 1 aliphatic rings. The number of anilines is 1. The number of carboxylic acid groups (broad SMARTS) is 1. The quantitative estimate of drug-likeness (QED) is 0.200. The molecule has 1 fully saturated rings. The number of hydrogen-bond acceptors (Lipinski definition) is 6. The zero-order valence-corrected chi connectivity index (χ0v) is 17.5. The third-order valence-corrected chi connectivity index (χ3v) is 7.76. The fourth-order valence-electron chi connectivity index (χ4n) is 3.15. The van der Waals surface area contributed by atoms with Crippen LogP contribution in [0.2, 0.25) is 0 Å². The minimum atomic E-state index is -0.761. The zero-order chi connectivity index (χ0) is 19.3. The van der Waals surface area contributed by atoms with Gasteiger partial charge in [0, 0.05) is 17.5 Å². The van der Waals surface area contributed by atoms with Gasteiger partial charge in [-0.1, -0.05) is 46.6 Å². The number of para-hydroxylation sites is 2. The highest BCUT2D eigenvalue weighted by Crippen LogP contribution is 2.39. The Kier molecular flexibility index (Phi) is 10.9. The standard InChI is InChI=1S/C20H32N2O3S2/c23-19-11-4-3-9-17(19)21-14-7-5-10-18(20(24)25)22-13-6-1-2-8-16-12-15-26-27-16/h3-4,9,11,16,18,21-23H,1-2,5-8,10,12-15H2,(H,24,25). The molecule has 0 aliphatic carbocycles. The Morgan fingerprint density at radius 1 is 1.15 bits per heavy atom. The predicted octanol–water partition coefficient (Wildman–Crippen LogP) is 4.73. The third-order valence-electron chi connectivity index (χ3n) is 4.76. The molecule has 0 radical (unpaired) electrons. The summed E-state index contributed by atoms with van der Waals surface area (Å²) in [5, 5.41) is 26.3. The lowest BCUT2D eigenvalue weighted by Crippen LogP contribution is -2.37. The molecule has 1 aromatic rings. The molecule has 1 heterocycles. The molecule has 27 heavy (non-hydrogen) atoms. The van der Waals surface area contributed by atoms with E-state index in [4.69, 9.17) is 0 Å². The Labute approximate surface area is 170 Å². The number of rotatable bonds is 14. The second-order valence-corrected chi connectivity index (χ2v) is 9.75. The number of hydrogen-bond donors (Lipinski definition) is 4. The summed E-state index contributed by atoms with van der Waals surface area (Å²) >= 11 is 0. The molecular weight excluding hydrogens is 380 g/mol. The van der Waals surface area contributed by atoms with Gasteiger partial charge >= 0.3 is 5.97 Å². The van der Waals surface area contributed by atoms with Crippen LogP contribution in [-0.4, -0.2) is 46.3 Å². The van der Waals surface area contributed by atoms with Gasteiger partial charge in [-0.15, -0.1) is 0 Å². The van der Waals surface area contributed by atoms with Gasteiger partial charge in [0.1, 0.15) is 11.8 Å². The maximum absolute atomic E-state index is 11.4. The summed E-state index contributed by atoms with van der Waals surface area (Å²) in [7, 11) is 4.02. The van der Waals surface area contributed by atoms with Gasteiger partial charge < -0.3 is 20.8 Å². The Balaban J connectivity index is 1.50. The minimum absolute atomic E-state index is 0.243. The maximum atomic E-state index is 11.4. The van der Waals surface area contributed by atoms with Gasteiger partial charge in [-0.3, -0.25) is 4.79 Å². The molecule has 0 bridgehead atoms. The zero-order valence-electron chi connectivity index (χ0n) is 15.9. The van der Waals surface area contributed by atoms with Crippen molar-refractivity contribution in [1.29, 1.82) is 0 Å². The first kappa shape index (κ1) is 22.2. The number of aliphatic carboxylic acids is 1. The minimum Gasteiger partial charge on any atom is -0.506 e. The highest BCUT2D eigenvalue weighted by molar-refractivity contribution is 8.77. The van der Waals surface area contributed by atoms with Crippen LogP contribution in [0.4, 0.5) is 5.69 Å². The molecule has 0 saturated carbocycles. The summed E-state index contributed by atoms with van der Waals surface area (Å²) < 4.78 is 0. The molecule has 2 atom stereocenters. The molecule has 1 aliphatic heterocycles. The highest BCUT2D eigenvalue weighted by atomic mass is 33.1. The van der Waals surface area contributed by atoms with Crippen LogP contribution >= 0.6 is 21.6 Å². The molecule has 2 unspecified atom stereocenters. The summed E-state index contributed by atoms with van der Waals surface area (Å²) in [6.45, 7) is 1.50. The van der Waals surface area contributed by atoms with Gasteiger partial charge in [-0.2, -0.15) is 0 Å². The van der Waals surface area contributed by atoms with Gasteiger partial charge in [0.15, 0.2) is 0 Å². The number of carboxylic acids is 1. The second-order valence-electron chi connectivity index (χ2n) is 6.96. The van der Waals surface area contributed by atoms with E-state index in [2.05, 4.69) is 10.6 Å². The fourth-order valence-corrected chi connectivity index (χ4v) is 6.17. The normalized spacial score (nSPS) is 17.7. The number of nitrogens with one attached hydrogen (secondary N) is 2. The monoisotopic (exact) mass is 412 g/mol. The first-order valence-electron chi connectivity index (χ1n) is 9.93. The summed E-state index contributed by atoms with van der Waals surface area (Å²) in [5.41, 5.74) is 0.722. The summed E-state index contributed by atoms with van der Waals surface area (Å²) in [5.74, 6) is 0.773. The van der Waals surface area contributed by atoms with Gasteiger partial charge in [0.25, 0.3) is 0 Å². The topological polar surface area (TPSA) is 81.6 Å². The van der Waals surface area contributed by atoms with Crippen LogP contribution in [0.15, 0.2) is 24.3 Å². The van der Waals surface area contributed by atoms with E-state index in [0.717, 1.165) is 43.3 Å². The Morgan fingerprint density at radius 3 is 2.70 bits per heavy atom. The van der Waals surface area contributed by atoms with Crippen LogP contribution in [0.3, 0.4) is 0 Å². The Bertz CT molecular complexity index is 554. The Hall–Kier alpha value is -1.05. The van der Waals surface area contributed by atoms with E-state index >= 15 is 0 Å². The lowest BCUT2D eigenvalue weighted by Gasteiger charge is -2.15. The number of phenols is 1. The molecule has 1 aromatic carbocycles. The van der Waals surface area contributed by atoms with Gasteiger partial charge in [-0.05, 0) is 57.2 Å². The van der Waals surface area contributed by atoms with E-state index in [1.54, 1.807) is 12.1 Å². The number of phenolic OH excluding ortho intramolecular Hbond substituents is 1. The molecule has 5 nitrogen and oxygen atoms in total. The Morgan fingerprint density at radius 2 is 1.96 bits per heavy atom. The summed E-state index contributed by atoms with van der Waals surface area (Å²) in [6.07, 6.45) is 8.44. The summed E-state index contributed by atoms with van der Waals surface area (Å²) in [6, 6.07) is 6.69. The van der Waals surface area contributed by atoms with E-state index in [0.29, 0.717) is 6.42 Å². The van der Waals surface area contributed by atoms with Crippen molar-refractivity contribution in [1.82, 2.24) is 5.32 Å². The van der Waals surface area contributed by atoms with Gasteiger partial charge in [-0.25, -0.2) is 0 Å². The van der Waals surface area contributed by atoms with Crippen molar-refractivity contribution < 1.29 is 15.0 Å². The number of aromatic hydroxyl groups is 1. The van der Waals surface area contributed by atoms with Crippen LogP contribution in [0.1, 0.15) is 51.4 Å². The molecule has 0 spiro atoms. The molecule has 7 heteroatoms. The lowest BCUT2D eigenvalue weighted by molar-refractivity contribution is -0.139. The first-order chi connectivity index (χ1) is 13.2. The number of carbonyl (C=O) groups is 1. The number of benzene rings is 1. The average molecular weight is 413 g/mol. The van der Waals surface area contributed by atoms with Crippen LogP contribution in [0, 0.1) is 0 Å². The highest BCUT2D eigenvalue weighted by Gasteiger charge is 2.17. The smallest absolute Gasteiger partial charge is 0.320 e. The van der Waals surface area contributed by atoms with Crippen molar-refractivity contribution in [2.75, 3.05) is 24.2 Å². The van der Waals surface area contributed by atoms with Gasteiger partial charge in [0.05, 0.1) is 5.69 Å². The van der Waals surface area contributed by atoms with Crippen LogP contribution in [-0.2, 0) is 4.79 Å². The van der Waals surface area contributed by atoms with Crippen molar-refractivity contribution in [2.24, 2.45) is 0 Å². The third kappa shape index (κ3) is 9.12. The van der Waals surface area contributed by atoms with Crippen molar-refractivity contribution in [3.8, 4) is 5.75 Å². The summed E-state index contributed by atoms with van der Waals surface area (Å²) in [4.78, 5) is 11.4. The van der Waals surface area contributed by atoms with Crippen molar-refractivity contribution in [3.05, 3.63) is 24.3 Å². The van der Waals surface area contributed by atoms with Gasteiger partial charge in [0.2, 0.25) is 0 Å². The van der Waals surface area contributed by atoms with E-state index in [1.807, 2.05) is 33.7 Å². The van der Waals surface area contributed by atoms with Crippen molar-refractivity contribution in [2.45, 2.75) is 62.7 Å². The average Bonchev–Trinajstić information content (AvgIpc) is 3.17.